The number of amides is 1. The average molecular weight is 354 g/mol. The number of likely N-dealkylation sites (tertiary alicyclic amines) is 1. The fourth-order valence-electron chi connectivity index (χ4n) is 3.20. The molecule has 21 heavy (non-hydrogen) atoms. The maximum absolute atomic E-state index is 11.9. The zero-order valence-electron chi connectivity index (χ0n) is 12.7. The van der Waals surface area contributed by atoms with E-state index in [0.29, 0.717) is 0 Å². The Morgan fingerprint density at radius 1 is 1.48 bits per heavy atom. The Balaban J connectivity index is 2.23. The number of piperidine rings is 1. The van der Waals surface area contributed by atoms with Crippen LogP contribution in [0.1, 0.15) is 31.4 Å². The van der Waals surface area contributed by atoms with E-state index in [1.54, 1.807) is 7.05 Å². The van der Waals surface area contributed by atoms with Crippen LogP contribution in [-0.2, 0) is 4.79 Å². The third kappa shape index (κ3) is 3.84. The number of rotatable bonds is 4. The molecule has 0 saturated carbocycles. The standard InChI is InChI=1S/C16H24BrN3O/c1-11(18)15(13-7-3-4-8-14(13)17)20-9-5-6-12(10-20)16(21)19-2/h3-4,7-8,11-12,15H,5-6,9-10,18H2,1-2H3,(H,19,21). The highest BCUT2D eigenvalue weighted by Crippen LogP contribution is 2.33. The summed E-state index contributed by atoms with van der Waals surface area (Å²) < 4.78 is 1.08. The van der Waals surface area contributed by atoms with Crippen molar-refractivity contribution in [3.63, 3.8) is 0 Å². The van der Waals surface area contributed by atoms with Gasteiger partial charge in [0.1, 0.15) is 0 Å². The van der Waals surface area contributed by atoms with Crippen LogP contribution in [0.15, 0.2) is 28.7 Å². The molecule has 0 spiro atoms. The summed E-state index contributed by atoms with van der Waals surface area (Å²) in [6.45, 7) is 3.79. The summed E-state index contributed by atoms with van der Waals surface area (Å²) in [5.74, 6) is 0.197. The predicted molar refractivity (Wildman–Crippen MR) is 88.9 cm³/mol. The molecule has 1 aliphatic heterocycles. The van der Waals surface area contributed by atoms with E-state index in [9.17, 15) is 4.79 Å². The van der Waals surface area contributed by atoms with E-state index >= 15 is 0 Å². The maximum Gasteiger partial charge on any atom is 0.224 e. The summed E-state index contributed by atoms with van der Waals surface area (Å²) >= 11 is 3.63. The number of halogens is 1. The fourth-order valence-corrected chi connectivity index (χ4v) is 3.72. The fraction of sp³-hybridized carbons (Fsp3) is 0.562. The van der Waals surface area contributed by atoms with Gasteiger partial charge in [-0.3, -0.25) is 9.69 Å². The van der Waals surface area contributed by atoms with Gasteiger partial charge in [0.05, 0.1) is 12.0 Å². The molecular weight excluding hydrogens is 330 g/mol. The van der Waals surface area contributed by atoms with Gasteiger partial charge in [-0.15, -0.1) is 0 Å². The zero-order valence-corrected chi connectivity index (χ0v) is 14.3. The number of carbonyl (C=O) groups excluding carboxylic acids is 1. The van der Waals surface area contributed by atoms with Crippen LogP contribution in [0.5, 0.6) is 0 Å². The van der Waals surface area contributed by atoms with Crippen LogP contribution in [0, 0.1) is 5.92 Å². The molecule has 1 saturated heterocycles. The molecule has 1 amide bonds. The van der Waals surface area contributed by atoms with Crippen molar-refractivity contribution in [2.45, 2.75) is 31.8 Å². The summed E-state index contributed by atoms with van der Waals surface area (Å²) in [7, 11) is 1.71. The van der Waals surface area contributed by atoms with Crippen molar-refractivity contribution in [2.24, 2.45) is 11.7 Å². The van der Waals surface area contributed by atoms with Gasteiger partial charge in [0.25, 0.3) is 0 Å². The van der Waals surface area contributed by atoms with Gasteiger partial charge in [-0.05, 0) is 37.9 Å². The predicted octanol–water partition coefficient (Wildman–Crippen LogP) is 2.30. The molecule has 1 aromatic carbocycles. The van der Waals surface area contributed by atoms with Gasteiger partial charge in [-0.1, -0.05) is 34.1 Å². The molecule has 1 aliphatic rings. The molecule has 1 fully saturated rings. The van der Waals surface area contributed by atoms with Crippen molar-refractivity contribution < 1.29 is 4.79 Å². The van der Waals surface area contributed by atoms with Gasteiger partial charge in [-0.25, -0.2) is 0 Å². The van der Waals surface area contributed by atoms with E-state index in [4.69, 9.17) is 5.73 Å². The summed E-state index contributed by atoms with van der Waals surface area (Å²) in [6, 6.07) is 8.34. The van der Waals surface area contributed by atoms with Gasteiger partial charge in [0, 0.05) is 24.1 Å². The lowest BCUT2D eigenvalue weighted by Crippen LogP contribution is -2.47. The minimum atomic E-state index is 0.00661. The number of nitrogens with one attached hydrogen (secondary N) is 1. The van der Waals surface area contributed by atoms with E-state index in [-0.39, 0.29) is 23.9 Å². The number of hydrogen-bond acceptors (Lipinski definition) is 3. The highest BCUT2D eigenvalue weighted by atomic mass is 79.9. The minimum Gasteiger partial charge on any atom is -0.359 e. The minimum absolute atomic E-state index is 0.00661. The van der Waals surface area contributed by atoms with Crippen LogP contribution in [0.3, 0.4) is 0 Å². The Kier molecular flexibility index (Phi) is 5.79. The summed E-state index contributed by atoms with van der Waals surface area (Å²) in [6.07, 6.45) is 1.99. The lowest BCUT2D eigenvalue weighted by molar-refractivity contribution is -0.126. The molecule has 0 aromatic heterocycles. The first kappa shape index (κ1) is 16.5. The zero-order chi connectivity index (χ0) is 15.4. The molecule has 1 heterocycles. The van der Waals surface area contributed by atoms with Crippen LogP contribution in [-0.4, -0.2) is 37.0 Å². The largest absolute Gasteiger partial charge is 0.359 e. The van der Waals surface area contributed by atoms with Gasteiger partial charge in [0.2, 0.25) is 5.91 Å². The average Bonchev–Trinajstić information content (AvgIpc) is 2.48. The second-order valence-corrected chi connectivity index (χ2v) is 6.63. The number of nitrogens with two attached hydrogens (primary N) is 1. The number of nitrogens with zero attached hydrogens (tertiary/aromatic N) is 1. The lowest BCUT2D eigenvalue weighted by atomic mass is 9.92. The van der Waals surface area contributed by atoms with Crippen molar-refractivity contribution in [1.82, 2.24) is 10.2 Å². The molecule has 4 nitrogen and oxygen atoms in total. The van der Waals surface area contributed by atoms with Crippen molar-refractivity contribution in [1.29, 1.82) is 0 Å². The Morgan fingerprint density at radius 3 is 2.81 bits per heavy atom. The molecule has 0 bridgehead atoms. The van der Waals surface area contributed by atoms with E-state index in [0.717, 1.165) is 30.4 Å². The quantitative estimate of drug-likeness (QED) is 0.872. The third-order valence-corrected chi connectivity index (χ3v) is 4.91. The van der Waals surface area contributed by atoms with Crippen LogP contribution in [0.4, 0.5) is 0 Å². The second kappa shape index (κ2) is 7.38. The number of carbonyl (C=O) groups is 1. The van der Waals surface area contributed by atoms with Crippen molar-refractivity contribution in [3.8, 4) is 0 Å². The SMILES string of the molecule is CNC(=O)C1CCCN(C(c2ccccc2Br)C(C)N)C1. The number of hydrogen-bond donors (Lipinski definition) is 2. The van der Waals surface area contributed by atoms with Crippen molar-refractivity contribution >= 4 is 21.8 Å². The summed E-state index contributed by atoms with van der Waals surface area (Å²) in [5.41, 5.74) is 7.46. The molecule has 2 rings (SSSR count). The van der Waals surface area contributed by atoms with E-state index in [1.807, 2.05) is 25.1 Å². The van der Waals surface area contributed by atoms with Gasteiger partial charge >= 0.3 is 0 Å². The van der Waals surface area contributed by atoms with Crippen LogP contribution >= 0.6 is 15.9 Å². The van der Waals surface area contributed by atoms with Gasteiger partial charge in [0.15, 0.2) is 0 Å². The molecule has 3 unspecified atom stereocenters. The maximum atomic E-state index is 11.9. The molecule has 116 valence electrons. The van der Waals surface area contributed by atoms with Crippen molar-refractivity contribution in [2.75, 3.05) is 20.1 Å². The first-order chi connectivity index (χ1) is 10.0. The number of benzene rings is 1. The van der Waals surface area contributed by atoms with Crippen molar-refractivity contribution in [3.05, 3.63) is 34.3 Å². The molecule has 0 radical (unpaired) electrons. The van der Waals surface area contributed by atoms with E-state index in [2.05, 4.69) is 32.2 Å². The highest BCUT2D eigenvalue weighted by molar-refractivity contribution is 9.10. The molecule has 5 heteroatoms. The van der Waals surface area contributed by atoms with Gasteiger partial charge in [-0.2, -0.15) is 0 Å². The lowest BCUT2D eigenvalue weighted by Gasteiger charge is -2.40. The first-order valence-corrected chi connectivity index (χ1v) is 8.29. The Hall–Kier alpha value is -0.910. The van der Waals surface area contributed by atoms with Gasteiger partial charge < -0.3 is 11.1 Å². The molecule has 3 N–H and O–H groups in total. The highest BCUT2D eigenvalue weighted by Gasteiger charge is 2.32. The first-order valence-electron chi connectivity index (χ1n) is 7.50. The molecule has 0 aliphatic carbocycles. The van der Waals surface area contributed by atoms with Crippen LogP contribution < -0.4 is 11.1 Å². The summed E-state index contributed by atoms with van der Waals surface area (Å²) in [4.78, 5) is 14.3. The molecule has 3 atom stereocenters. The Morgan fingerprint density at radius 2 is 2.19 bits per heavy atom. The molecular formula is C16H24BrN3O. The summed E-state index contributed by atoms with van der Waals surface area (Å²) in [5, 5.41) is 2.77. The van der Waals surface area contributed by atoms with Crippen LogP contribution in [0.25, 0.3) is 0 Å². The smallest absolute Gasteiger partial charge is 0.224 e. The second-order valence-electron chi connectivity index (χ2n) is 5.77. The Bertz CT molecular complexity index is 492. The van der Waals surface area contributed by atoms with E-state index < -0.39 is 0 Å². The van der Waals surface area contributed by atoms with E-state index in [1.165, 1.54) is 5.56 Å². The topological polar surface area (TPSA) is 58.4 Å². The third-order valence-electron chi connectivity index (χ3n) is 4.19. The molecule has 1 aromatic rings. The normalized spacial score (nSPS) is 22.6. The monoisotopic (exact) mass is 353 g/mol. The Labute approximate surface area is 135 Å². The van der Waals surface area contributed by atoms with Crippen LogP contribution in [0.2, 0.25) is 0 Å².